The molecule has 2 aromatic rings. The average molecular weight is 316 g/mol. The van der Waals surface area contributed by atoms with Gasteiger partial charge in [-0.25, -0.2) is 0 Å². The van der Waals surface area contributed by atoms with E-state index in [-0.39, 0.29) is 0 Å². The van der Waals surface area contributed by atoms with Gasteiger partial charge in [0.15, 0.2) is 0 Å². The molecule has 0 spiro atoms. The Morgan fingerprint density at radius 1 is 1.31 bits per heavy atom. The largest absolute Gasteiger partial charge is 0.311 e. The van der Waals surface area contributed by atoms with Gasteiger partial charge in [-0.15, -0.1) is 22.7 Å². The van der Waals surface area contributed by atoms with Gasteiger partial charge in [-0.05, 0) is 58.4 Å². The highest BCUT2D eigenvalue weighted by Crippen LogP contribution is 2.21. The highest BCUT2D eigenvalue weighted by Gasteiger charge is 2.00. The fraction of sp³-hybridized carbons (Fsp3) is 0.333. The zero-order valence-corrected chi connectivity index (χ0v) is 12.3. The van der Waals surface area contributed by atoms with Gasteiger partial charge in [0.2, 0.25) is 0 Å². The van der Waals surface area contributed by atoms with Crippen molar-refractivity contribution in [2.45, 2.75) is 19.9 Å². The van der Waals surface area contributed by atoms with Crippen LogP contribution in [0.25, 0.3) is 0 Å². The Morgan fingerprint density at radius 3 is 2.81 bits per heavy atom. The van der Waals surface area contributed by atoms with E-state index in [9.17, 15) is 0 Å². The van der Waals surface area contributed by atoms with Crippen molar-refractivity contribution in [3.8, 4) is 0 Å². The molecule has 1 nitrogen and oxygen atoms in total. The SMILES string of the molecule is Cc1ccsc1CCNCc1ccc(Br)s1. The van der Waals surface area contributed by atoms with Gasteiger partial charge in [0, 0.05) is 22.8 Å². The van der Waals surface area contributed by atoms with E-state index in [0.717, 1.165) is 19.5 Å². The van der Waals surface area contributed by atoms with Crippen molar-refractivity contribution in [2.75, 3.05) is 6.54 Å². The maximum atomic E-state index is 3.48. The smallest absolute Gasteiger partial charge is 0.0701 e. The van der Waals surface area contributed by atoms with E-state index < -0.39 is 0 Å². The normalized spacial score (nSPS) is 10.9. The summed E-state index contributed by atoms with van der Waals surface area (Å²) in [6.45, 7) is 4.21. The van der Waals surface area contributed by atoms with Gasteiger partial charge in [-0.2, -0.15) is 0 Å². The van der Waals surface area contributed by atoms with Crippen molar-refractivity contribution in [1.29, 1.82) is 0 Å². The summed E-state index contributed by atoms with van der Waals surface area (Å²) in [5.74, 6) is 0. The van der Waals surface area contributed by atoms with Crippen molar-refractivity contribution >= 4 is 38.6 Å². The standard InChI is InChI=1S/C12H14BrNS2/c1-9-5-7-15-11(9)4-6-14-8-10-2-3-12(13)16-10/h2-3,5,7,14H,4,6,8H2,1H3. The fourth-order valence-electron chi connectivity index (χ4n) is 1.52. The number of nitrogens with one attached hydrogen (secondary N) is 1. The van der Waals surface area contributed by atoms with E-state index in [1.807, 2.05) is 11.3 Å². The van der Waals surface area contributed by atoms with Crippen molar-refractivity contribution in [3.63, 3.8) is 0 Å². The third kappa shape index (κ3) is 3.42. The van der Waals surface area contributed by atoms with Crippen LogP contribution in [0.5, 0.6) is 0 Å². The second-order valence-electron chi connectivity index (χ2n) is 3.66. The molecule has 0 saturated carbocycles. The second kappa shape index (κ2) is 5.96. The van der Waals surface area contributed by atoms with E-state index in [4.69, 9.17) is 0 Å². The van der Waals surface area contributed by atoms with Crippen molar-refractivity contribution in [2.24, 2.45) is 0 Å². The Balaban J connectivity index is 1.71. The van der Waals surface area contributed by atoms with Crippen LogP contribution >= 0.6 is 38.6 Å². The summed E-state index contributed by atoms with van der Waals surface area (Å²) in [4.78, 5) is 2.88. The minimum atomic E-state index is 0.973. The molecule has 2 heterocycles. The average Bonchev–Trinajstić information content (AvgIpc) is 2.83. The Labute approximate surface area is 113 Å². The molecule has 0 aliphatic heterocycles. The first-order valence-electron chi connectivity index (χ1n) is 5.23. The summed E-state index contributed by atoms with van der Waals surface area (Å²) in [5, 5.41) is 5.64. The van der Waals surface area contributed by atoms with Crippen LogP contribution < -0.4 is 5.32 Å². The van der Waals surface area contributed by atoms with E-state index in [2.05, 4.69) is 51.7 Å². The van der Waals surface area contributed by atoms with Gasteiger partial charge >= 0.3 is 0 Å². The highest BCUT2D eigenvalue weighted by molar-refractivity contribution is 9.11. The number of thiophene rings is 2. The van der Waals surface area contributed by atoms with Crippen LogP contribution in [-0.4, -0.2) is 6.54 Å². The first-order valence-corrected chi connectivity index (χ1v) is 7.72. The van der Waals surface area contributed by atoms with Gasteiger partial charge in [0.1, 0.15) is 0 Å². The first-order chi connectivity index (χ1) is 7.75. The molecule has 0 bridgehead atoms. The van der Waals surface area contributed by atoms with E-state index in [1.165, 1.54) is 19.1 Å². The summed E-state index contributed by atoms with van der Waals surface area (Å²) in [6.07, 6.45) is 1.13. The maximum Gasteiger partial charge on any atom is 0.0701 e. The lowest BCUT2D eigenvalue weighted by molar-refractivity contribution is 0.696. The van der Waals surface area contributed by atoms with Crippen molar-refractivity contribution in [1.82, 2.24) is 5.32 Å². The number of hydrogen-bond donors (Lipinski definition) is 1. The van der Waals surface area contributed by atoms with Crippen LogP contribution in [0.4, 0.5) is 0 Å². The van der Waals surface area contributed by atoms with Gasteiger partial charge in [0.05, 0.1) is 3.79 Å². The fourth-order valence-corrected chi connectivity index (χ4v) is 3.88. The Hall–Kier alpha value is -0.160. The molecule has 0 amide bonds. The number of rotatable bonds is 5. The van der Waals surface area contributed by atoms with Crippen LogP contribution in [0, 0.1) is 6.92 Å². The van der Waals surface area contributed by atoms with Crippen molar-refractivity contribution in [3.05, 3.63) is 42.7 Å². The van der Waals surface area contributed by atoms with Gasteiger partial charge in [-0.3, -0.25) is 0 Å². The maximum absolute atomic E-state index is 3.48. The summed E-state index contributed by atoms with van der Waals surface area (Å²) in [7, 11) is 0. The molecule has 2 aromatic heterocycles. The highest BCUT2D eigenvalue weighted by atomic mass is 79.9. The third-order valence-electron chi connectivity index (χ3n) is 2.43. The molecule has 0 aliphatic rings. The Bertz CT molecular complexity index is 447. The summed E-state index contributed by atoms with van der Waals surface area (Å²) < 4.78 is 1.21. The molecule has 0 atom stereocenters. The Morgan fingerprint density at radius 2 is 2.19 bits per heavy atom. The predicted molar refractivity (Wildman–Crippen MR) is 76.5 cm³/mol. The molecule has 4 heteroatoms. The molecule has 0 saturated heterocycles. The predicted octanol–water partition coefficient (Wildman–Crippen LogP) is 4.21. The van der Waals surface area contributed by atoms with Crippen LogP contribution in [0.1, 0.15) is 15.3 Å². The monoisotopic (exact) mass is 315 g/mol. The quantitative estimate of drug-likeness (QED) is 0.815. The van der Waals surface area contributed by atoms with E-state index in [0.29, 0.717) is 0 Å². The zero-order chi connectivity index (χ0) is 11.4. The summed E-state index contributed by atoms with van der Waals surface area (Å²) in [5.41, 5.74) is 1.42. The van der Waals surface area contributed by atoms with Crippen LogP contribution in [0.3, 0.4) is 0 Å². The van der Waals surface area contributed by atoms with E-state index in [1.54, 1.807) is 11.3 Å². The number of hydrogen-bond acceptors (Lipinski definition) is 3. The topological polar surface area (TPSA) is 12.0 Å². The molecule has 0 aromatic carbocycles. The van der Waals surface area contributed by atoms with Crippen LogP contribution in [0.15, 0.2) is 27.4 Å². The van der Waals surface area contributed by atoms with Gasteiger partial charge in [-0.1, -0.05) is 0 Å². The molecule has 0 radical (unpaired) electrons. The molecule has 2 rings (SSSR count). The Kier molecular flexibility index (Phi) is 4.58. The molecule has 86 valence electrons. The molecule has 0 aliphatic carbocycles. The van der Waals surface area contributed by atoms with Crippen LogP contribution in [-0.2, 0) is 13.0 Å². The lowest BCUT2D eigenvalue weighted by Crippen LogP contribution is -2.15. The summed E-state index contributed by atoms with van der Waals surface area (Å²) in [6, 6.07) is 6.46. The van der Waals surface area contributed by atoms with Crippen molar-refractivity contribution < 1.29 is 0 Å². The lowest BCUT2D eigenvalue weighted by Gasteiger charge is -2.02. The molecule has 16 heavy (non-hydrogen) atoms. The lowest BCUT2D eigenvalue weighted by atomic mass is 10.2. The van der Waals surface area contributed by atoms with Crippen LogP contribution in [0.2, 0.25) is 0 Å². The minimum absolute atomic E-state index is 0.973. The second-order valence-corrected chi connectivity index (χ2v) is 7.21. The molecular formula is C12H14BrNS2. The molecule has 0 fully saturated rings. The molecule has 1 N–H and O–H groups in total. The zero-order valence-electron chi connectivity index (χ0n) is 9.13. The summed E-state index contributed by atoms with van der Waals surface area (Å²) >= 11 is 7.13. The molecule has 0 unspecified atom stereocenters. The molecular weight excluding hydrogens is 302 g/mol. The number of aryl methyl sites for hydroxylation is 1. The minimum Gasteiger partial charge on any atom is -0.311 e. The third-order valence-corrected chi connectivity index (χ3v) is 5.13. The van der Waals surface area contributed by atoms with E-state index >= 15 is 0 Å². The van der Waals surface area contributed by atoms with Gasteiger partial charge < -0.3 is 5.32 Å². The number of halogens is 1. The first kappa shape index (κ1) is 12.3. The van der Waals surface area contributed by atoms with Gasteiger partial charge in [0.25, 0.3) is 0 Å².